The summed E-state index contributed by atoms with van der Waals surface area (Å²) in [7, 11) is 1.77. The van der Waals surface area contributed by atoms with Gasteiger partial charge in [-0.2, -0.15) is 13.2 Å². The molecule has 1 aliphatic heterocycles. The van der Waals surface area contributed by atoms with Gasteiger partial charge in [0.1, 0.15) is 13.0 Å². The minimum atomic E-state index is -4.61. The second-order valence-corrected chi connectivity index (χ2v) is 7.61. The maximum absolute atomic E-state index is 13.3. The molecule has 0 bridgehead atoms. The van der Waals surface area contributed by atoms with Crippen LogP contribution < -0.4 is 5.73 Å². The van der Waals surface area contributed by atoms with Crippen LogP contribution in [0.2, 0.25) is 0 Å². The standard InChI is InChI=1S/C20H21F3N6O2/c1-19(2,31)14-4-12(5-15(6-14)20(21,22)23)18-26-11-29(27-18)9-16(17(24)30)13-7-25-10-28(3)8-13/h4-9,11,31H,10H2,1-3H3,(H2,24,30)/b16-9+. The van der Waals surface area contributed by atoms with Crippen LogP contribution >= 0.6 is 0 Å². The number of aliphatic imine (C=N–C) groups is 1. The van der Waals surface area contributed by atoms with E-state index in [1.807, 2.05) is 0 Å². The first-order chi connectivity index (χ1) is 14.3. The lowest BCUT2D eigenvalue weighted by Crippen LogP contribution is -2.22. The number of aromatic nitrogens is 3. The Labute approximate surface area is 176 Å². The first-order valence-corrected chi connectivity index (χ1v) is 9.15. The minimum Gasteiger partial charge on any atom is -0.386 e. The zero-order chi connectivity index (χ0) is 23.0. The fraction of sp³-hybridized carbons (Fsp3) is 0.300. The second kappa shape index (κ2) is 7.99. The Hall–Kier alpha value is -3.47. The van der Waals surface area contributed by atoms with Crippen molar-refractivity contribution in [1.82, 2.24) is 19.7 Å². The lowest BCUT2D eigenvalue weighted by Gasteiger charge is -2.20. The van der Waals surface area contributed by atoms with Crippen LogP contribution in [-0.4, -0.2) is 50.6 Å². The molecule has 3 N–H and O–H groups in total. The number of halogens is 3. The van der Waals surface area contributed by atoms with E-state index >= 15 is 0 Å². The zero-order valence-corrected chi connectivity index (χ0v) is 17.1. The van der Waals surface area contributed by atoms with Gasteiger partial charge in [-0.25, -0.2) is 9.67 Å². The molecule has 1 aliphatic rings. The number of primary amides is 1. The van der Waals surface area contributed by atoms with Crippen molar-refractivity contribution < 1.29 is 23.1 Å². The summed E-state index contributed by atoms with van der Waals surface area (Å²) in [6, 6.07) is 3.18. The molecular formula is C20H21F3N6O2. The smallest absolute Gasteiger partial charge is 0.386 e. The molecule has 0 saturated carbocycles. The van der Waals surface area contributed by atoms with Gasteiger partial charge in [-0.15, -0.1) is 5.10 Å². The van der Waals surface area contributed by atoms with E-state index in [4.69, 9.17) is 5.73 Å². The highest BCUT2D eigenvalue weighted by molar-refractivity contribution is 6.07. The fourth-order valence-electron chi connectivity index (χ4n) is 2.87. The summed E-state index contributed by atoms with van der Waals surface area (Å²) in [6.45, 7) is 3.20. The molecule has 0 unspecified atom stereocenters. The van der Waals surface area contributed by atoms with Gasteiger partial charge in [0.2, 0.25) is 0 Å². The third kappa shape index (κ3) is 5.18. The van der Waals surface area contributed by atoms with E-state index in [2.05, 4.69) is 15.1 Å². The van der Waals surface area contributed by atoms with Crippen molar-refractivity contribution in [2.24, 2.45) is 10.7 Å². The van der Waals surface area contributed by atoms with Gasteiger partial charge < -0.3 is 15.7 Å². The maximum atomic E-state index is 13.3. The van der Waals surface area contributed by atoms with Gasteiger partial charge in [-0.1, -0.05) is 0 Å². The summed E-state index contributed by atoms with van der Waals surface area (Å²) < 4.78 is 41.2. The molecule has 0 spiro atoms. The predicted octanol–water partition coefficient (Wildman–Crippen LogP) is 2.38. The predicted molar refractivity (Wildman–Crippen MR) is 108 cm³/mol. The molecular weight excluding hydrogens is 413 g/mol. The van der Waals surface area contributed by atoms with Crippen LogP contribution in [0.4, 0.5) is 13.2 Å². The lowest BCUT2D eigenvalue weighted by atomic mass is 9.94. The van der Waals surface area contributed by atoms with Crippen molar-refractivity contribution >= 4 is 18.3 Å². The van der Waals surface area contributed by atoms with Crippen molar-refractivity contribution in [3.8, 4) is 11.4 Å². The number of carbonyl (C=O) groups is 1. The molecule has 0 radical (unpaired) electrons. The van der Waals surface area contributed by atoms with E-state index in [1.54, 1.807) is 18.1 Å². The molecule has 0 fully saturated rings. The molecule has 11 heteroatoms. The Morgan fingerprint density at radius 1 is 1.23 bits per heavy atom. The fourth-order valence-corrected chi connectivity index (χ4v) is 2.87. The highest BCUT2D eigenvalue weighted by Crippen LogP contribution is 2.35. The number of hydrogen-bond acceptors (Lipinski definition) is 6. The third-order valence-corrected chi connectivity index (χ3v) is 4.47. The van der Waals surface area contributed by atoms with Gasteiger partial charge in [0.25, 0.3) is 5.91 Å². The van der Waals surface area contributed by atoms with E-state index in [-0.39, 0.29) is 22.5 Å². The summed E-state index contributed by atoms with van der Waals surface area (Å²) >= 11 is 0. The van der Waals surface area contributed by atoms with Crippen molar-refractivity contribution in [2.45, 2.75) is 25.6 Å². The first kappa shape index (κ1) is 22.2. The van der Waals surface area contributed by atoms with Crippen molar-refractivity contribution in [3.63, 3.8) is 0 Å². The van der Waals surface area contributed by atoms with Gasteiger partial charge in [0, 0.05) is 36.8 Å². The normalized spacial score (nSPS) is 15.3. The molecule has 8 nitrogen and oxygen atoms in total. The van der Waals surface area contributed by atoms with Gasteiger partial charge in [0.15, 0.2) is 5.82 Å². The quantitative estimate of drug-likeness (QED) is 0.703. The van der Waals surface area contributed by atoms with Gasteiger partial charge in [0.05, 0.1) is 16.7 Å². The van der Waals surface area contributed by atoms with Crippen LogP contribution in [0.15, 0.2) is 46.9 Å². The van der Waals surface area contributed by atoms with Crippen LogP contribution in [0.25, 0.3) is 17.6 Å². The third-order valence-electron chi connectivity index (χ3n) is 4.47. The number of alkyl halides is 3. The number of hydrogen-bond donors (Lipinski definition) is 2. The van der Waals surface area contributed by atoms with Crippen LogP contribution in [0.3, 0.4) is 0 Å². The summed E-state index contributed by atoms with van der Waals surface area (Å²) in [5.74, 6) is -0.742. The Kier molecular flexibility index (Phi) is 5.72. The number of amides is 1. The molecule has 0 atom stereocenters. The minimum absolute atomic E-state index is 0.0138. The molecule has 2 heterocycles. The number of aliphatic hydroxyl groups is 1. The molecule has 31 heavy (non-hydrogen) atoms. The monoisotopic (exact) mass is 434 g/mol. The number of nitrogens with two attached hydrogens (primary N) is 1. The Morgan fingerprint density at radius 3 is 2.48 bits per heavy atom. The highest BCUT2D eigenvalue weighted by atomic mass is 19.4. The number of carbonyl (C=O) groups excluding carboxylic acids is 1. The summed E-state index contributed by atoms with van der Waals surface area (Å²) in [4.78, 5) is 21.8. The molecule has 3 rings (SSSR count). The topological polar surface area (TPSA) is 110 Å². The van der Waals surface area contributed by atoms with E-state index < -0.39 is 23.2 Å². The maximum Gasteiger partial charge on any atom is 0.416 e. The van der Waals surface area contributed by atoms with Gasteiger partial charge >= 0.3 is 6.18 Å². The summed E-state index contributed by atoms with van der Waals surface area (Å²) in [5, 5.41) is 14.4. The number of benzene rings is 1. The van der Waals surface area contributed by atoms with E-state index in [0.717, 1.165) is 12.1 Å². The molecule has 2 aromatic rings. The Balaban J connectivity index is 2.04. The van der Waals surface area contributed by atoms with E-state index in [0.29, 0.717) is 12.2 Å². The summed E-state index contributed by atoms with van der Waals surface area (Å²) in [5.41, 5.74) is 3.73. The Morgan fingerprint density at radius 2 is 1.90 bits per heavy atom. The molecule has 1 amide bonds. The van der Waals surface area contributed by atoms with E-state index in [9.17, 15) is 23.1 Å². The van der Waals surface area contributed by atoms with Crippen LogP contribution in [0.5, 0.6) is 0 Å². The SMILES string of the molecule is CN1C=C(/C(=C\n2cnc(-c3cc(C(C)(C)O)cc(C(F)(F)F)c3)n2)C(N)=O)C=NC1. The molecule has 164 valence electrons. The highest BCUT2D eigenvalue weighted by Gasteiger charge is 2.33. The average Bonchev–Trinajstić information content (AvgIpc) is 3.13. The first-order valence-electron chi connectivity index (χ1n) is 9.15. The Bertz CT molecular complexity index is 1060. The van der Waals surface area contributed by atoms with Crippen molar-refractivity contribution in [1.29, 1.82) is 0 Å². The van der Waals surface area contributed by atoms with Crippen LogP contribution in [0.1, 0.15) is 25.0 Å². The van der Waals surface area contributed by atoms with Crippen LogP contribution in [-0.2, 0) is 16.6 Å². The van der Waals surface area contributed by atoms with Crippen molar-refractivity contribution in [3.05, 3.63) is 53.0 Å². The number of rotatable bonds is 5. The average molecular weight is 434 g/mol. The molecule has 0 aliphatic carbocycles. The summed E-state index contributed by atoms with van der Waals surface area (Å²) in [6.07, 6.45) is 1.13. The van der Waals surface area contributed by atoms with Crippen molar-refractivity contribution in [2.75, 3.05) is 13.7 Å². The molecule has 1 aromatic heterocycles. The van der Waals surface area contributed by atoms with Gasteiger partial charge in [-0.05, 0) is 37.6 Å². The van der Waals surface area contributed by atoms with Crippen LogP contribution in [0, 0.1) is 0 Å². The zero-order valence-electron chi connectivity index (χ0n) is 17.1. The van der Waals surface area contributed by atoms with E-state index in [1.165, 1.54) is 43.3 Å². The molecule has 1 aromatic carbocycles. The van der Waals surface area contributed by atoms with Gasteiger partial charge in [-0.3, -0.25) is 9.79 Å². The second-order valence-electron chi connectivity index (χ2n) is 7.61. The lowest BCUT2D eigenvalue weighted by molar-refractivity contribution is -0.137. The molecule has 0 saturated heterocycles. The number of nitrogens with zero attached hydrogens (tertiary/aromatic N) is 5. The largest absolute Gasteiger partial charge is 0.416 e.